The van der Waals surface area contributed by atoms with Gasteiger partial charge in [-0.15, -0.1) is 0 Å². The number of hydrogen-bond acceptors (Lipinski definition) is 3. The van der Waals surface area contributed by atoms with Crippen LogP contribution in [0.4, 0.5) is 5.69 Å². The van der Waals surface area contributed by atoms with Gasteiger partial charge in [0.2, 0.25) is 0 Å². The molecule has 0 aliphatic carbocycles. The topological polar surface area (TPSA) is 58.4 Å². The molecule has 4 nitrogen and oxygen atoms in total. The number of benzene rings is 1. The molecule has 2 saturated heterocycles. The number of carbonyl (C=O) groups is 1. The molecule has 5 heteroatoms. The van der Waals surface area contributed by atoms with Gasteiger partial charge in [0, 0.05) is 24.3 Å². The lowest BCUT2D eigenvalue weighted by Gasteiger charge is -2.35. The predicted molar refractivity (Wildman–Crippen MR) is 80.9 cm³/mol. The normalized spacial score (nSPS) is 26.2. The van der Waals surface area contributed by atoms with Gasteiger partial charge < -0.3 is 16.0 Å². The van der Waals surface area contributed by atoms with E-state index in [1.807, 2.05) is 0 Å². The highest BCUT2D eigenvalue weighted by Gasteiger charge is 2.32. The van der Waals surface area contributed by atoms with E-state index in [-0.39, 0.29) is 11.9 Å². The van der Waals surface area contributed by atoms with E-state index < -0.39 is 0 Å². The van der Waals surface area contributed by atoms with Crippen molar-refractivity contribution >= 4 is 23.2 Å². The van der Waals surface area contributed by atoms with Crippen molar-refractivity contribution in [1.29, 1.82) is 0 Å². The zero-order valence-electron chi connectivity index (χ0n) is 11.4. The van der Waals surface area contributed by atoms with E-state index in [1.165, 1.54) is 19.4 Å². The molecule has 0 radical (unpaired) electrons. The first-order chi connectivity index (χ1) is 9.65. The monoisotopic (exact) mass is 293 g/mol. The fourth-order valence-corrected chi connectivity index (χ4v) is 3.66. The van der Waals surface area contributed by atoms with Crippen molar-refractivity contribution in [3.8, 4) is 0 Å². The van der Waals surface area contributed by atoms with Crippen molar-refractivity contribution in [2.75, 3.05) is 18.8 Å². The zero-order chi connectivity index (χ0) is 14.1. The van der Waals surface area contributed by atoms with Crippen LogP contribution in [0.2, 0.25) is 5.02 Å². The van der Waals surface area contributed by atoms with Crippen LogP contribution in [0, 0.1) is 0 Å². The van der Waals surface area contributed by atoms with E-state index in [4.69, 9.17) is 17.3 Å². The molecule has 3 rings (SSSR count). The van der Waals surface area contributed by atoms with E-state index in [1.54, 1.807) is 18.2 Å². The molecule has 1 aromatic rings. The van der Waals surface area contributed by atoms with Gasteiger partial charge in [-0.1, -0.05) is 17.7 Å². The average Bonchev–Trinajstić information content (AvgIpc) is 2.85. The molecule has 2 unspecified atom stereocenters. The van der Waals surface area contributed by atoms with Crippen LogP contribution >= 0.6 is 11.6 Å². The summed E-state index contributed by atoms with van der Waals surface area (Å²) in [7, 11) is 0. The smallest absolute Gasteiger partial charge is 0.255 e. The number of halogens is 1. The summed E-state index contributed by atoms with van der Waals surface area (Å²) in [6, 6.07) is 6.04. The Balaban J connectivity index is 1.67. The summed E-state index contributed by atoms with van der Waals surface area (Å²) >= 11 is 6.08. The second kappa shape index (κ2) is 5.62. The van der Waals surface area contributed by atoms with Gasteiger partial charge in [-0.3, -0.25) is 4.79 Å². The fourth-order valence-electron chi connectivity index (χ4n) is 3.39. The Labute approximate surface area is 124 Å². The Kier molecular flexibility index (Phi) is 3.85. The molecule has 0 aromatic heterocycles. The number of nitrogens with two attached hydrogens (primary N) is 1. The quantitative estimate of drug-likeness (QED) is 0.823. The maximum absolute atomic E-state index is 12.4. The van der Waals surface area contributed by atoms with Crippen LogP contribution in [-0.2, 0) is 0 Å². The number of nitrogen functional groups attached to an aromatic ring is 1. The fraction of sp³-hybridized carbons (Fsp3) is 0.533. The summed E-state index contributed by atoms with van der Waals surface area (Å²) in [4.78, 5) is 14.9. The van der Waals surface area contributed by atoms with Gasteiger partial charge in [0.05, 0.1) is 10.6 Å². The number of hydrogen-bond donors (Lipinski definition) is 2. The molecule has 1 amide bonds. The minimum absolute atomic E-state index is 0.149. The number of carbonyl (C=O) groups excluding carboxylic acids is 1. The molecule has 0 bridgehead atoms. The predicted octanol–water partition coefficient (Wildman–Crippen LogP) is 2.28. The first kappa shape index (κ1) is 13.7. The highest BCUT2D eigenvalue weighted by molar-refractivity contribution is 6.34. The van der Waals surface area contributed by atoms with Crippen molar-refractivity contribution in [3.63, 3.8) is 0 Å². The lowest BCUT2D eigenvalue weighted by molar-refractivity contribution is 0.0897. The summed E-state index contributed by atoms with van der Waals surface area (Å²) < 4.78 is 0. The standard InChI is InChI=1S/C15H20ClN3O/c16-12-4-1-5-13(17)14(12)15(20)18-10-6-8-19-7-2-3-11(19)9-10/h1,4-5,10-11H,2-3,6-9,17H2,(H,18,20). The van der Waals surface area contributed by atoms with Crippen molar-refractivity contribution in [1.82, 2.24) is 10.2 Å². The minimum atomic E-state index is -0.149. The summed E-state index contributed by atoms with van der Waals surface area (Å²) in [6.45, 7) is 2.29. The SMILES string of the molecule is Nc1cccc(Cl)c1C(=O)NC1CCN2CCCC2C1. The Morgan fingerprint density at radius 2 is 2.20 bits per heavy atom. The van der Waals surface area contributed by atoms with Crippen LogP contribution in [0.5, 0.6) is 0 Å². The summed E-state index contributed by atoms with van der Waals surface area (Å²) in [5.41, 5.74) is 6.70. The van der Waals surface area contributed by atoms with Crippen LogP contribution < -0.4 is 11.1 Å². The van der Waals surface area contributed by atoms with Gasteiger partial charge in [-0.05, 0) is 44.4 Å². The maximum Gasteiger partial charge on any atom is 0.255 e. The summed E-state index contributed by atoms with van der Waals surface area (Å²) in [6.07, 6.45) is 4.58. The van der Waals surface area contributed by atoms with Crippen LogP contribution in [0.25, 0.3) is 0 Å². The number of amides is 1. The number of anilines is 1. The van der Waals surface area contributed by atoms with Crippen molar-refractivity contribution in [2.24, 2.45) is 0 Å². The van der Waals surface area contributed by atoms with Crippen LogP contribution in [-0.4, -0.2) is 36.0 Å². The number of fused-ring (bicyclic) bond motifs is 1. The van der Waals surface area contributed by atoms with Gasteiger partial charge >= 0.3 is 0 Å². The number of nitrogens with one attached hydrogen (secondary N) is 1. The Morgan fingerprint density at radius 1 is 1.35 bits per heavy atom. The largest absolute Gasteiger partial charge is 0.398 e. The molecule has 0 spiro atoms. The highest BCUT2D eigenvalue weighted by Crippen LogP contribution is 2.28. The zero-order valence-corrected chi connectivity index (χ0v) is 12.2. The maximum atomic E-state index is 12.4. The third kappa shape index (κ3) is 2.63. The molecular weight excluding hydrogens is 274 g/mol. The van der Waals surface area contributed by atoms with Gasteiger partial charge in [-0.25, -0.2) is 0 Å². The molecule has 3 N–H and O–H groups in total. The minimum Gasteiger partial charge on any atom is -0.398 e. The first-order valence-corrected chi connectivity index (χ1v) is 7.62. The third-order valence-electron chi connectivity index (χ3n) is 4.43. The van der Waals surface area contributed by atoms with Gasteiger partial charge in [0.1, 0.15) is 0 Å². The third-order valence-corrected chi connectivity index (χ3v) is 4.74. The molecule has 0 saturated carbocycles. The molecule has 20 heavy (non-hydrogen) atoms. The molecule has 1 aromatic carbocycles. The molecule has 2 aliphatic heterocycles. The van der Waals surface area contributed by atoms with Gasteiger partial charge in [0.15, 0.2) is 0 Å². The second-order valence-corrected chi connectivity index (χ2v) is 6.14. The van der Waals surface area contributed by atoms with Gasteiger partial charge in [-0.2, -0.15) is 0 Å². The Bertz CT molecular complexity index is 500. The van der Waals surface area contributed by atoms with E-state index >= 15 is 0 Å². The van der Waals surface area contributed by atoms with E-state index in [0.717, 1.165) is 19.4 Å². The molecule has 2 fully saturated rings. The molecular formula is C15H20ClN3O. The second-order valence-electron chi connectivity index (χ2n) is 5.73. The molecule has 2 atom stereocenters. The van der Waals surface area contributed by atoms with Gasteiger partial charge in [0.25, 0.3) is 5.91 Å². The molecule has 2 heterocycles. The van der Waals surface area contributed by atoms with Crippen molar-refractivity contribution < 1.29 is 4.79 Å². The van der Waals surface area contributed by atoms with E-state index in [2.05, 4.69) is 10.2 Å². The number of piperidine rings is 1. The highest BCUT2D eigenvalue weighted by atomic mass is 35.5. The van der Waals surface area contributed by atoms with Crippen molar-refractivity contribution in [3.05, 3.63) is 28.8 Å². The summed E-state index contributed by atoms with van der Waals surface area (Å²) in [5.74, 6) is -0.149. The molecule has 108 valence electrons. The first-order valence-electron chi connectivity index (χ1n) is 7.24. The Hall–Kier alpha value is -1.26. The van der Waals surface area contributed by atoms with Crippen LogP contribution in [0.1, 0.15) is 36.0 Å². The molecule has 2 aliphatic rings. The Morgan fingerprint density at radius 3 is 3.00 bits per heavy atom. The lowest BCUT2D eigenvalue weighted by Crippen LogP contribution is -2.47. The summed E-state index contributed by atoms with van der Waals surface area (Å²) in [5, 5.41) is 3.52. The number of rotatable bonds is 2. The van der Waals surface area contributed by atoms with E-state index in [0.29, 0.717) is 22.3 Å². The average molecular weight is 294 g/mol. The van der Waals surface area contributed by atoms with Crippen LogP contribution in [0.3, 0.4) is 0 Å². The lowest BCUT2D eigenvalue weighted by atomic mass is 9.97. The van der Waals surface area contributed by atoms with E-state index in [9.17, 15) is 4.79 Å². The van der Waals surface area contributed by atoms with Crippen LogP contribution in [0.15, 0.2) is 18.2 Å². The number of nitrogens with zero attached hydrogens (tertiary/aromatic N) is 1. The van der Waals surface area contributed by atoms with Crippen molar-refractivity contribution in [2.45, 2.75) is 37.8 Å².